The van der Waals surface area contributed by atoms with Crippen molar-refractivity contribution in [2.75, 3.05) is 0 Å². The summed E-state index contributed by atoms with van der Waals surface area (Å²) in [6.45, 7) is 0. The molecule has 1 heterocycles. The Morgan fingerprint density at radius 3 is 2.64 bits per heavy atom. The zero-order chi connectivity index (χ0) is 10.2. The molecule has 5 heteroatoms. The van der Waals surface area contributed by atoms with E-state index in [0.29, 0.717) is 5.52 Å². The molecule has 0 aliphatic carbocycles. The molecule has 1 aromatic heterocycles. The van der Waals surface area contributed by atoms with Gasteiger partial charge in [-0.25, -0.2) is 9.97 Å². The number of nitrogens with zero attached hydrogens (tertiary/aromatic N) is 2. The molecule has 0 aliphatic heterocycles. The molecule has 0 radical (unpaired) electrons. The second kappa shape index (κ2) is 2.94. The van der Waals surface area contributed by atoms with Crippen LogP contribution in [0.25, 0.3) is 10.9 Å². The average Bonchev–Trinajstić information content (AvgIpc) is 2.15. The van der Waals surface area contributed by atoms with Crippen LogP contribution in [0.15, 0.2) is 30.7 Å². The zero-order valence-corrected chi connectivity index (χ0v) is 6.92. The first-order valence-corrected chi connectivity index (χ1v) is 3.85. The normalized spacial score (nSPS) is 11.9. The quantitative estimate of drug-likeness (QED) is 0.650. The molecule has 1 aromatic carbocycles. The van der Waals surface area contributed by atoms with E-state index in [4.69, 9.17) is 0 Å². The second-order valence-electron chi connectivity index (χ2n) is 2.76. The molecule has 0 bridgehead atoms. The fourth-order valence-electron chi connectivity index (χ4n) is 1.25. The van der Waals surface area contributed by atoms with Gasteiger partial charge in [0, 0.05) is 11.6 Å². The highest BCUT2D eigenvalue weighted by Crippen LogP contribution is 2.33. The third kappa shape index (κ3) is 1.41. The summed E-state index contributed by atoms with van der Waals surface area (Å²) in [6.07, 6.45) is -1.96. The Hall–Kier alpha value is -1.65. The number of aromatic nitrogens is 2. The van der Waals surface area contributed by atoms with Crippen molar-refractivity contribution in [3.63, 3.8) is 0 Å². The number of hydrogen-bond donors (Lipinski definition) is 0. The summed E-state index contributed by atoms with van der Waals surface area (Å²) in [4.78, 5) is 7.32. The maximum atomic E-state index is 12.5. The van der Waals surface area contributed by atoms with Gasteiger partial charge in [-0.2, -0.15) is 13.2 Å². The lowest BCUT2D eigenvalue weighted by molar-refractivity contribution is -0.136. The maximum absolute atomic E-state index is 12.5. The summed E-state index contributed by atoms with van der Waals surface area (Å²) in [7, 11) is 0. The van der Waals surface area contributed by atoms with Crippen molar-refractivity contribution in [1.29, 1.82) is 0 Å². The van der Waals surface area contributed by atoms with Gasteiger partial charge in [0.25, 0.3) is 0 Å². The van der Waals surface area contributed by atoms with Crippen LogP contribution in [0.5, 0.6) is 0 Å². The molecule has 0 saturated carbocycles. The second-order valence-corrected chi connectivity index (χ2v) is 2.76. The van der Waals surface area contributed by atoms with Crippen LogP contribution in [0.1, 0.15) is 5.56 Å². The van der Waals surface area contributed by atoms with Gasteiger partial charge in [0.1, 0.15) is 6.33 Å². The molecule has 0 atom stereocenters. The monoisotopic (exact) mass is 198 g/mol. The molecule has 2 nitrogen and oxygen atoms in total. The lowest BCUT2D eigenvalue weighted by atomic mass is 10.1. The highest BCUT2D eigenvalue weighted by atomic mass is 19.4. The number of benzene rings is 1. The minimum Gasteiger partial charge on any atom is -0.244 e. The van der Waals surface area contributed by atoms with Crippen molar-refractivity contribution in [1.82, 2.24) is 9.97 Å². The van der Waals surface area contributed by atoms with Crippen LogP contribution in [-0.4, -0.2) is 9.97 Å². The molecule has 0 N–H and O–H groups in total. The molecule has 2 aromatic rings. The van der Waals surface area contributed by atoms with Crippen molar-refractivity contribution in [3.05, 3.63) is 36.3 Å². The van der Waals surface area contributed by atoms with Crippen molar-refractivity contribution in [2.45, 2.75) is 6.18 Å². The van der Waals surface area contributed by atoms with Gasteiger partial charge in [0.15, 0.2) is 0 Å². The van der Waals surface area contributed by atoms with Crippen molar-refractivity contribution >= 4 is 10.9 Å². The number of hydrogen-bond acceptors (Lipinski definition) is 2. The van der Waals surface area contributed by atoms with E-state index >= 15 is 0 Å². The van der Waals surface area contributed by atoms with E-state index < -0.39 is 11.7 Å². The van der Waals surface area contributed by atoms with Gasteiger partial charge < -0.3 is 0 Å². The van der Waals surface area contributed by atoms with E-state index in [2.05, 4.69) is 9.97 Å². The summed E-state index contributed by atoms with van der Waals surface area (Å²) in [6, 6.07) is 3.87. The molecular formula is C9H5F3N2. The SMILES string of the molecule is FC(F)(F)c1cccc2ncncc12. The average molecular weight is 198 g/mol. The molecule has 0 fully saturated rings. The third-order valence-corrected chi connectivity index (χ3v) is 1.86. The standard InChI is InChI=1S/C9H5F3N2/c10-9(11,12)7-2-1-3-8-6(7)4-13-5-14-8/h1-5H. The van der Waals surface area contributed by atoms with Crippen molar-refractivity contribution in [3.8, 4) is 0 Å². The predicted octanol–water partition coefficient (Wildman–Crippen LogP) is 2.65. The lowest BCUT2D eigenvalue weighted by Crippen LogP contribution is -2.05. The van der Waals surface area contributed by atoms with E-state index in [1.807, 2.05) is 0 Å². The van der Waals surface area contributed by atoms with Gasteiger partial charge in [-0.3, -0.25) is 0 Å². The highest BCUT2D eigenvalue weighted by Gasteiger charge is 2.32. The number of alkyl halides is 3. The van der Waals surface area contributed by atoms with Crippen LogP contribution in [0, 0.1) is 0 Å². The molecule has 0 unspecified atom stereocenters. The van der Waals surface area contributed by atoms with Crippen LogP contribution >= 0.6 is 0 Å². The Balaban J connectivity index is 2.78. The van der Waals surface area contributed by atoms with Crippen molar-refractivity contribution in [2.24, 2.45) is 0 Å². The van der Waals surface area contributed by atoms with Crippen molar-refractivity contribution < 1.29 is 13.2 Å². The molecule has 14 heavy (non-hydrogen) atoms. The number of halogens is 3. The van der Waals surface area contributed by atoms with Gasteiger partial charge in [0.2, 0.25) is 0 Å². The molecule has 2 rings (SSSR count). The van der Waals surface area contributed by atoms with Gasteiger partial charge in [-0.1, -0.05) is 6.07 Å². The number of rotatable bonds is 0. The summed E-state index contributed by atoms with van der Waals surface area (Å²) in [5, 5.41) is 0.0301. The van der Waals surface area contributed by atoms with Gasteiger partial charge in [-0.05, 0) is 12.1 Å². The topological polar surface area (TPSA) is 25.8 Å². The Kier molecular flexibility index (Phi) is 1.87. The Bertz CT molecular complexity index is 460. The van der Waals surface area contributed by atoms with Crippen LogP contribution in [-0.2, 0) is 6.18 Å². The van der Waals surface area contributed by atoms with Gasteiger partial charge in [0.05, 0.1) is 11.1 Å². The fraction of sp³-hybridized carbons (Fsp3) is 0.111. The smallest absolute Gasteiger partial charge is 0.244 e. The van der Waals surface area contributed by atoms with E-state index in [-0.39, 0.29) is 5.39 Å². The van der Waals surface area contributed by atoms with E-state index in [1.54, 1.807) is 0 Å². The van der Waals surface area contributed by atoms with Crippen LogP contribution in [0.3, 0.4) is 0 Å². The fourth-order valence-corrected chi connectivity index (χ4v) is 1.25. The molecule has 0 amide bonds. The predicted molar refractivity (Wildman–Crippen MR) is 44.5 cm³/mol. The van der Waals surface area contributed by atoms with Crippen LogP contribution < -0.4 is 0 Å². The van der Waals surface area contributed by atoms with Gasteiger partial charge in [-0.15, -0.1) is 0 Å². The summed E-state index contributed by atoms with van der Waals surface area (Å²) >= 11 is 0. The minimum absolute atomic E-state index is 0.0301. The maximum Gasteiger partial charge on any atom is 0.417 e. The van der Waals surface area contributed by atoms with Crippen LogP contribution in [0.2, 0.25) is 0 Å². The molecule has 0 spiro atoms. The number of fused-ring (bicyclic) bond motifs is 1. The summed E-state index contributed by atoms with van der Waals surface area (Å²) < 4.78 is 37.4. The Morgan fingerprint density at radius 1 is 1.14 bits per heavy atom. The molecular weight excluding hydrogens is 193 g/mol. The zero-order valence-electron chi connectivity index (χ0n) is 6.92. The Morgan fingerprint density at radius 2 is 1.93 bits per heavy atom. The van der Waals surface area contributed by atoms with E-state index in [1.165, 1.54) is 24.7 Å². The first-order valence-electron chi connectivity index (χ1n) is 3.85. The first-order chi connectivity index (χ1) is 6.59. The van der Waals surface area contributed by atoms with Crippen LogP contribution in [0.4, 0.5) is 13.2 Å². The van der Waals surface area contributed by atoms with Gasteiger partial charge >= 0.3 is 6.18 Å². The molecule has 72 valence electrons. The highest BCUT2D eigenvalue weighted by molar-refractivity contribution is 5.81. The summed E-state index contributed by atoms with van der Waals surface area (Å²) in [5.41, 5.74) is -0.398. The summed E-state index contributed by atoms with van der Waals surface area (Å²) in [5.74, 6) is 0. The van der Waals surface area contributed by atoms with E-state index in [9.17, 15) is 13.2 Å². The third-order valence-electron chi connectivity index (χ3n) is 1.86. The molecule has 0 aliphatic rings. The molecule has 0 saturated heterocycles. The first kappa shape index (κ1) is 8.93. The largest absolute Gasteiger partial charge is 0.417 e. The lowest BCUT2D eigenvalue weighted by Gasteiger charge is -2.08. The minimum atomic E-state index is -4.36. The van der Waals surface area contributed by atoms with E-state index in [0.717, 1.165) is 6.07 Å². The Labute approximate surface area is 77.4 Å².